The molecule has 1 aromatic carbocycles. The van der Waals surface area contributed by atoms with Crippen LogP contribution >= 0.6 is 34.8 Å². The second-order valence-corrected chi connectivity index (χ2v) is 5.59. The summed E-state index contributed by atoms with van der Waals surface area (Å²) in [7, 11) is 0. The summed E-state index contributed by atoms with van der Waals surface area (Å²) in [5.41, 5.74) is 4.36. The van der Waals surface area contributed by atoms with Gasteiger partial charge in [0.1, 0.15) is 0 Å². The molecule has 0 amide bonds. The van der Waals surface area contributed by atoms with Crippen LogP contribution in [0.5, 0.6) is 0 Å². The molecule has 5 heteroatoms. The van der Waals surface area contributed by atoms with E-state index >= 15 is 0 Å². The van der Waals surface area contributed by atoms with E-state index in [9.17, 15) is 0 Å². The first-order chi connectivity index (χ1) is 8.68. The molecule has 0 saturated carbocycles. The first-order valence-corrected chi connectivity index (χ1v) is 6.97. The molecule has 18 heavy (non-hydrogen) atoms. The highest BCUT2D eigenvalue weighted by Crippen LogP contribution is 2.24. The van der Waals surface area contributed by atoms with Crippen LogP contribution < -0.4 is 0 Å². The van der Waals surface area contributed by atoms with Gasteiger partial charge in [-0.25, -0.2) is 0 Å². The number of benzene rings is 1. The number of aromatic amines is 1. The van der Waals surface area contributed by atoms with Gasteiger partial charge in [-0.15, -0.1) is 0 Å². The van der Waals surface area contributed by atoms with Crippen LogP contribution in [0, 0.1) is 15.3 Å². The van der Waals surface area contributed by atoms with Crippen molar-refractivity contribution in [1.29, 1.82) is 0 Å². The Morgan fingerprint density at radius 2 is 2.17 bits per heavy atom. The quantitative estimate of drug-likeness (QED) is 0.521. The molecule has 0 fully saturated rings. The molecule has 0 aliphatic carbocycles. The predicted octanol–water partition coefficient (Wildman–Crippen LogP) is 4.00. The van der Waals surface area contributed by atoms with Crippen molar-refractivity contribution in [3.8, 4) is 5.69 Å². The number of nitrogens with zero attached hydrogens (tertiary/aromatic N) is 2. The number of imidazole rings is 1. The molecule has 0 radical (unpaired) electrons. The molecule has 0 unspecified atom stereocenters. The van der Waals surface area contributed by atoms with E-state index in [0.717, 1.165) is 16.7 Å². The molecular formula is C13H10IN3S. The Morgan fingerprint density at radius 3 is 3.00 bits per heavy atom. The Bertz CT molecular complexity index is 788. The highest BCUT2D eigenvalue weighted by molar-refractivity contribution is 14.1. The molecule has 0 aliphatic rings. The van der Waals surface area contributed by atoms with E-state index in [-0.39, 0.29) is 0 Å². The molecule has 2 heterocycles. The summed E-state index contributed by atoms with van der Waals surface area (Å²) in [5, 5.41) is 0. The molecule has 2 aromatic heterocycles. The third kappa shape index (κ3) is 1.78. The minimum absolute atomic E-state index is 0.697. The van der Waals surface area contributed by atoms with E-state index in [0.29, 0.717) is 4.77 Å². The SMILES string of the molecule is Cc1c(I)cccc1-n1c(=S)[nH]c2cnccc21. The van der Waals surface area contributed by atoms with Crippen molar-refractivity contribution < 1.29 is 0 Å². The number of halogens is 1. The molecule has 0 spiro atoms. The van der Waals surface area contributed by atoms with Gasteiger partial charge in [0.25, 0.3) is 0 Å². The molecule has 0 aliphatic heterocycles. The van der Waals surface area contributed by atoms with Gasteiger partial charge in [0.2, 0.25) is 0 Å². The highest BCUT2D eigenvalue weighted by atomic mass is 127. The summed E-state index contributed by atoms with van der Waals surface area (Å²) >= 11 is 7.76. The van der Waals surface area contributed by atoms with Crippen LogP contribution in [0.1, 0.15) is 5.56 Å². The second kappa shape index (κ2) is 4.47. The Balaban J connectivity index is 2.42. The lowest BCUT2D eigenvalue weighted by Gasteiger charge is -2.09. The fraction of sp³-hybridized carbons (Fsp3) is 0.0769. The molecular weight excluding hydrogens is 357 g/mol. The number of nitrogens with one attached hydrogen (secondary N) is 1. The van der Waals surface area contributed by atoms with Crippen LogP contribution in [0.4, 0.5) is 0 Å². The van der Waals surface area contributed by atoms with Crippen molar-refractivity contribution >= 4 is 45.8 Å². The first kappa shape index (κ1) is 11.9. The summed E-state index contributed by atoms with van der Waals surface area (Å²) in [6.45, 7) is 2.11. The predicted molar refractivity (Wildman–Crippen MR) is 83.7 cm³/mol. The lowest BCUT2D eigenvalue weighted by molar-refractivity contribution is 1.04. The monoisotopic (exact) mass is 367 g/mol. The maximum absolute atomic E-state index is 5.42. The number of hydrogen-bond acceptors (Lipinski definition) is 2. The van der Waals surface area contributed by atoms with Gasteiger partial charge in [-0.3, -0.25) is 9.55 Å². The average Bonchev–Trinajstić information content (AvgIpc) is 2.69. The summed E-state index contributed by atoms with van der Waals surface area (Å²) in [4.78, 5) is 7.29. The number of pyridine rings is 1. The number of fused-ring (bicyclic) bond motifs is 1. The number of hydrogen-bond donors (Lipinski definition) is 1. The third-order valence-corrected chi connectivity index (χ3v) is 4.42. The van der Waals surface area contributed by atoms with Crippen molar-refractivity contribution in [2.24, 2.45) is 0 Å². The van der Waals surface area contributed by atoms with E-state index in [1.165, 1.54) is 9.13 Å². The molecule has 90 valence electrons. The average molecular weight is 367 g/mol. The fourth-order valence-electron chi connectivity index (χ4n) is 2.04. The topological polar surface area (TPSA) is 33.6 Å². The van der Waals surface area contributed by atoms with Gasteiger partial charge in [0, 0.05) is 9.77 Å². The maximum Gasteiger partial charge on any atom is 0.182 e. The lowest BCUT2D eigenvalue weighted by Crippen LogP contribution is -1.98. The summed E-state index contributed by atoms with van der Waals surface area (Å²) in [6, 6.07) is 8.20. The van der Waals surface area contributed by atoms with Crippen molar-refractivity contribution in [1.82, 2.24) is 14.5 Å². The second-order valence-electron chi connectivity index (χ2n) is 4.04. The Kier molecular flexibility index (Phi) is 2.95. The van der Waals surface area contributed by atoms with Gasteiger partial charge in [0.05, 0.1) is 22.9 Å². The third-order valence-electron chi connectivity index (χ3n) is 2.96. The molecule has 0 atom stereocenters. The Hall–Kier alpha value is -1.21. The lowest BCUT2D eigenvalue weighted by atomic mass is 10.2. The van der Waals surface area contributed by atoms with Crippen molar-refractivity contribution in [3.63, 3.8) is 0 Å². The number of rotatable bonds is 1. The summed E-state index contributed by atoms with van der Waals surface area (Å²) in [6.07, 6.45) is 3.58. The Morgan fingerprint density at radius 1 is 1.33 bits per heavy atom. The number of H-pyrrole nitrogens is 1. The van der Waals surface area contributed by atoms with Crippen molar-refractivity contribution in [2.75, 3.05) is 0 Å². The maximum atomic E-state index is 5.42. The molecule has 0 bridgehead atoms. The van der Waals surface area contributed by atoms with E-state index in [4.69, 9.17) is 12.2 Å². The molecule has 0 saturated heterocycles. The van der Waals surface area contributed by atoms with Crippen LogP contribution in [0.25, 0.3) is 16.7 Å². The van der Waals surface area contributed by atoms with Crippen LogP contribution in [0.15, 0.2) is 36.7 Å². The zero-order valence-corrected chi connectivity index (χ0v) is 12.6. The van der Waals surface area contributed by atoms with E-state index in [1.54, 1.807) is 12.4 Å². The molecule has 3 rings (SSSR count). The first-order valence-electron chi connectivity index (χ1n) is 5.49. The zero-order chi connectivity index (χ0) is 12.7. The minimum atomic E-state index is 0.697. The van der Waals surface area contributed by atoms with Crippen molar-refractivity contribution in [2.45, 2.75) is 6.92 Å². The van der Waals surface area contributed by atoms with Gasteiger partial charge >= 0.3 is 0 Å². The Labute approximate surface area is 123 Å². The molecule has 3 nitrogen and oxygen atoms in total. The molecule has 1 N–H and O–H groups in total. The van der Waals surface area contributed by atoms with Gasteiger partial charge in [-0.1, -0.05) is 6.07 Å². The zero-order valence-electron chi connectivity index (χ0n) is 9.64. The highest BCUT2D eigenvalue weighted by Gasteiger charge is 2.09. The van der Waals surface area contributed by atoms with Crippen LogP contribution in [-0.2, 0) is 0 Å². The number of aromatic nitrogens is 3. The van der Waals surface area contributed by atoms with Crippen LogP contribution in [0.3, 0.4) is 0 Å². The van der Waals surface area contributed by atoms with Crippen molar-refractivity contribution in [3.05, 3.63) is 50.6 Å². The summed E-state index contributed by atoms with van der Waals surface area (Å²) in [5.74, 6) is 0. The van der Waals surface area contributed by atoms with Gasteiger partial charge in [-0.2, -0.15) is 0 Å². The van der Waals surface area contributed by atoms with E-state index in [2.05, 4.69) is 56.2 Å². The van der Waals surface area contributed by atoms with Crippen LogP contribution in [-0.4, -0.2) is 14.5 Å². The smallest absolute Gasteiger partial charge is 0.182 e. The summed E-state index contributed by atoms with van der Waals surface area (Å²) < 4.78 is 3.99. The standard InChI is InChI=1S/C13H10IN3S/c1-8-9(14)3-2-4-11(8)17-12-5-6-15-7-10(12)16-13(17)18/h2-7H,1H3,(H,16,18). The minimum Gasteiger partial charge on any atom is -0.329 e. The van der Waals surface area contributed by atoms with Crippen LogP contribution in [0.2, 0.25) is 0 Å². The van der Waals surface area contributed by atoms with Gasteiger partial charge < -0.3 is 4.98 Å². The normalized spacial score (nSPS) is 11.0. The largest absolute Gasteiger partial charge is 0.329 e. The van der Waals surface area contributed by atoms with E-state index in [1.807, 2.05) is 12.1 Å². The van der Waals surface area contributed by atoms with Gasteiger partial charge in [-0.05, 0) is 65.5 Å². The fourth-order valence-corrected chi connectivity index (χ4v) is 2.83. The van der Waals surface area contributed by atoms with Gasteiger partial charge in [0.15, 0.2) is 4.77 Å². The molecule has 3 aromatic rings. The van der Waals surface area contributed by atoms with E-state index < -0.39 is 0 Å².